The van der Waals surface area contributed by atoms with Crippen LogP contribution in [-0.2, 0) is 0 Å². The average Bonchev–Trinajstić information content (AvgIpc) is 3.07. The largest absolute Gasteiger partial charge is 0.355 e. The molecule has 5 nitrogen and oxygen atoms in total. The minimum absolute atomic E-state index is 0.0704. The third-order valence-corrected chi connectivity index (χ3v) is 5.19. The number of aromatic nitrogens is 2. The van der Waals surface area contributed by atoms with Crippen LogP contribution in [0.25, 0.3) is 22.4 Å². The highest BCUT2D eigenvalue weighted by Crippen LogP contribution is 2.32. The minimum Gasteiger partial charge on any atom is -0.355 e. The summed E-state index contributed by atoms with van der Waals surface area (Å²) in [5, 5.41) is 2.66. The summed E-state index contributed by atoms with van der Waals surface area (Å²) in [7, 11) is 3.83. The molecule has 0 saturated carbocycles. The topological polar surface area (TPSA) is 50.2 Å². The van der Waals surface area contributed by atoms with Crippen LogP contribution in [0.3, 0.4) is 0 Å². The second-order valence-electron chi connectivity index (χ2n) is 7.01. The number of benzene rings is 2. The fourth-order valence-electron chi connectivity index (χ4n) is 3.88. The lowest BCUT2D eigenvalue weighted by atomic mass is 10.0. The van der Waals surface area contributed by atoms with Crippen molar-refractivity contribution in [1.82, 2.24) is 19.8 Å². The molecule has 1 aromatic heterocycles. The van der Waals surface area contributed by atoms with Crippen molar-refractivity contribution in [2.24, 2.45) is 0 Å². The lowest BCUT2D eigenvalue weighted by Gasteiger charge is -2.32. The zero-order valence-corrected chi connectivity index (χ0v) is 15.3. The summed E-state index contributed by atoms with van der Waals surface area (Å²) in [4.78, 5) is 19.1. The normalized spacial score (nSPS) is 18.2. The van der Waals surface area contributed by atoms with Crippen molar-refractivity contribution in [2.75, 3.05) is 27.2 Å². The number of carbonyl (C=O) groups excluding carboxylic acids is 1. The average molecular weight is 348 g/mol. The van der Waals surface area contributed by atoms with E-state index in [2.05, 4.69) is 40.0 Å². The van der Waals surface area contributed by atoms with Crippen LogP contribution in [0, 0.1) is 0 Å². The Morgan fingerprint density at radius 2 is 1.92 bits per heavy atom. The molecule has 4 rings (SSSR count). The van der Waals surface area contributed by atoms with Crippen LogP contribution < -0.4 is 5.32 Å². The Morgan fingerprint density at radius 3 is 2.65 bits per heavy atom. The van der Waals surface area contributed by atoms with E-state index in [4.69, 9.17) is 4.98 Å². The molecular weight excluding hydrogens is 324 g/mol. The van der Waals surface area contributed by atoms with E-state index in [-0.39, 0.29) is 5.91 Å². The number of nitrogens with one attached hydrogen (secondary N) is 1. The number of nitrogens with zero attached hydrogens (tertiary/aromatic N) is 3. The predicted molar refractivity (Wildman–Crippen MR) is 104 cm³/mol. The number of piperidine rings is 1. The van der Waals surface area contributed by atoms with E-state index in [1.807, 2.05) is 30.3 Å². The van der Waals surface area contributed by atoms with Crippen LogP contribution >= 0.6 is 0 Å². The molecule has 1 N–H and O–H groups in total. The smallest absolute Gasteiger partial charge is 0.251 e. The number of hydrogen-bond acceptors (Lipinski definition) is 3. The molecule has 1 aliphatic rings. The number of para-hydroxylation sites is 2. The van der Waals surface area contributed by atoms with Gasteiger partial charge in [0.05, 0.1) is 11.0 Å². The number of amides is 1. The van der Waals surface area contributed by atoms with Gasteiger partial charge in [-0.15, -0.1) is 0 Å². The maximum atomic E-state index is 11.8. The Labute approximate surface area is 153 Å². The molecule has 1 saturated heterocycles. The van der Waals surface area contributed by atoms with Gasteiger partial charge >= 0.3 is 0 Å². The predicted octanol–water partition coefficient (Wildman–Crippen LogP) is 3.33. The Balaban J connectivity index is 1.81. The van der Waals surface area contributed by atoms with Gasteiger partial charge in [0.1, 0.15) is 5.82 Å². The first-order chi connectivity index (χ1) is 12.7. The monoisotopic (exact) mass is 348 g/mol. The molecule has 5 heteroatoms. The van der Waals surface area contributed by atoms with Crippen LogP contribution in [0.4, 0.5) is 0 Å². The van der Waals surface area contributed by atoms with Crippen molar-refractivity contribution in [3.05, 3.63) is 54.1 Å². The van der Waals surface area contributed by atoms with Gasteiger partial charge in [-0.1, -0.05) is 24.3 Å². The first kappa shape index (κ1) is 16.8. The maximum absolute atomic E-state index is 11.8. The molecule has 0 aliphatic carbocycles. The molecule has 1 aliphatic heterocycles. The van der Waals surface area contributed by atoms with Gasteiger partial charge in [0.15, 0.2) is 0 Å². The summed E-state index contributed by atoms with van der Waals surface area (Å²) in [6.07, 6.45) is 2.36. The van der Waals surface area contributed by atoms with Gasteiger partial charge in [0, 0.05) is 30.8 Å². The third kappa shape index (κ3) is 2.99. The molecule has 0 radical (unpaired) electrons. The summed E-state index contributed by atoms with van der Waals surface area (Å²) >= 11 is 0. The molecule has 1 atom stereocenters. The van der Waals surface area contributed by atoms with Crippen molar-refractivity contribution in [1.29, 1.82) is 0 Å². The van der Waals surface area contributed by atoms with E-state index in [1.54, 1.807) is 7.05 Å². The van der Waals surface area contributed by atoms with E-state index < -0.39 is 0 Å². The number of rotatable bonds is 3. The van der Waals surface area contributed by atoms with E-state index in [9.17, 15) is 4.79 Å². The molecule has 26 heavy (non-hydrogen) atoms. The zero-order chi connectivity index (χ0) is 18.1. The summed E-state index contributed by atoms with van der Waals surface area (Å²) in [5.41, 5.74) is 3.91. The van der Waals surface area contributed by atoms with Gasteiger partial charge in [-0.2, -0.15) is 0 Å². The lowest BCUT2D eigenvalue weighted by molar-refractivity contribution is 0.0963. The van der Waals surface area contributed by atoms with E-state index in [1.165, 1.54) is 11.9 Å². The highest BCUT2D eigenvalue weighted by Gasteiger charge is 2.24. The van der Waals surface area contributed by atoms with Crippen molar-refractivity contribution in [3.8, 4) is 11.4 Å². The number of imidazole rings is 1. The number of likely N-dealkylation sites (tertiary alicyclic amines) is 1. The fourth-order valence-corrected chi connectivity index (χ4v) is 3.88. The standard InChI is InChI=1S/C21H24N4O/c1-22-21(26)16-11-9-15(10-12-16)20-23-18-7-3-4-8-19(18)25(20)17-6-5-13-24(2)14-17/h3-4,7-12,17H,5-6,13-14H2,1-2H3,(H,22,26)/t17-/m0/s1. The van der Waals surface area contributed by atoms with Crippen molar-refractivity contribution >= 4 is 16.9 Å². The number of fused-ring (bicyclic) bond motifs is 1. The quantitative estimate of drug-likeness (QED) is 0.790. The van der Waals surface area contributed by atoms with Crippen LogP contribution in [-0.4, -0.2) is 47.5 Å². The molecule has 0 spiro atoms. The molecule has 134 valence electrons. The number of hydrogen-bond donors (Lipinski definition) is 1. The van der Waals surface area contributed by atoms with Gasteiger partial charge in [0.2, 0.25) is 0 Å². The number of carbonyl (C=O) groups is 1. The highest BCUT2D eigenvalue weighted by molar-refractivity contribution is 5.94. The molecule has 2 aromatic carbocycles. The minimum atomic E-state index is -0.0704. The molecular formula is C21H24N4O. The van der Waals surface area contributed by atoms with Crippen molar-refractivity contribution in [3.63, 3.8) is 0 Å². The Kier molecular flexibility index (Phi) is 4.47. The van der Waals surface area contributed by atoms with Gasteiger partial charge in [-0.3, -0.25) is 4.79 Å². The van der Waals surface area contributed by atoms with E-state index in [0.717, 1.165) is 36.4 Å². The summed E-state index contributed by atoms with van der Waals surface area (Å²) in [6, 6.07) is 16.5. The van der Waals surface area contributed by atoms with Crippen LogP contribution in [0.5, 0.6) is 0 Å². The Morgan fingerprint density at radius 1 is 1.15 bits per heavy atom. The van der Waals surface area contributed by atoms with Crippen molar-refractivity contribution in [2.45, 2.75) is 18.9 Å². The third-order valence-electron chi connectivity index (χ3n) is 5.19. The van der Waals surface area contributed by atoms with Gasteiger partial charge in [-0.05, 0) is 50.7 Å². The highest BCUT2D eigenvalue weighted by atomic mass is 16.1. The molecule has 1 amide bonds. The molecule has 0 unspecified atom stereocenters. The molecule has 3 aromatic rings. The lowest BCUT2D eigenvalue weighted by Crippen LogP contribution is -2.33. The molecule has 0 bridgehead atoms. The second kappa shape index (κ2) is 6.92. The van der Waals surface area contributed by atoms with Gasteiger partial charge in [0.25, 0.3) is 5.91 Å². The van der Waals surface area contributed by atoms with E-state index >= 15 is 0 Å². The zero-order valence-electron chi connectivity index (χ0n) is 15.3. The molecule has 2 heterocycles. The van der Waals surface area contributed by atoms with Crippen molar-refractivity contribution < 1.29 is 4.79 Å². The Bertz CT molecular complexity index is 929. The second-order valence-corrected chi connectivity index (χ2v) is 7.01. The first-order valence-electron chi connectivity index (χ1n) is 9.15. The summed E-state index contributed by atoms with van der Waals surface area (Å²) in [5.74, 6) is 0.911. The van der Waals surface area contributed by atoms with Gasteiger partial charge < -0.3 is 14.8 Å². The van der Waals surface area contributed by atoms with Crippen LogP contribution in [0.2, 0.25) is 0 Å². The van der Waals surface area contributed by atoms with Crippen LogP contribution in [0.15, 0.2) is 48.5 Å². The fraction of sp³-hybridized carbons (Fsp3) is 0.333. The maximum Gasteiger partial charge on any atom is 0.251 e. The summed E-state index contributed by atoms with van der Waals surface area (Å²) < 4.78 is 2.39. The summed E-state index contributed by atoms with van der Waals surface area (Å²) in [6.45, 7) is 2.18. The Hall–Kier alpha value is -2.66. The number of likely N-dealkylation sites (N-methyl/N-ethyl adjacent to an activating group) is 1. The molecule has 1 fully saturated rings. The van der Waals surface area contributed by atoms with Gasteiger partial charge in [-0.25, -0.2) is 4.98 Å². The van der Waals surface area contributed by atoms with E-state index in [0.29, 0.717) is 11.6 Å². The van der Waals surface area contributed by atoms with Crippen LogP contribution in [0.1, 0.15) is 29.2 Å². The SMILES string of the molecule is CNC(=O)c1ccc(-c2nc3ccccc3n2[C@H]2CCCN(C)C2)cc1. The first-order valence-corrected chi connectivity index (χ1v) is 9.15.